The molecular formula is C25H18F3NO2. The topological polar surface area (TPSA) is 37.4 Å². The van der Waals surface area contributed by atoms with Crippen molar-refractivity contribution in [3.8, 4) is 0 Å². The van der Waals surface area contributed by atoms with E-state index in [1.54, 1.807) is 0 Å². The number of anilines is 1. The third kappa shape index (κ3) is 2.74. The monoisotopic (exact) mass is 421 g/mol. The Balaban J connectivity index is 1.61. The largest absolute Gasteiger partial charge is 0.416 e. The third-order valence-electron chi connectivity index (χ3n) is 6.54. The minimum atomic E-state index is -4.56. The number of rotatable bonds is 3. The number of hydrogen-bond donors (Lipinski definition) is 0. The summed E-state index contributed by atoms with van der Waals surface area (Å²) < 4.78 is 39.6. The number of imide groups is 1. The molecule has 3 aromatic rings. The van der Waals surface area contributed by atoms with Crippen molar-refractivity contribution in [3.63, 3.8) is 0 Å². The molecule has 2 aliphatic rings. The highest BCUT2D eigenvalue weighted by atomic mass is 19.4. The highest BCUT2D eigenvalue weighted by molar-refractivity contribution is 6.25. The van der Waals surface area contributed by atoms with Crippen LogP contribution >= 0.6 is 0 Å². The summed E-state index contributed by atoms with van der Waals surface area (Å²) in [6, 6.07) is 23.5. The minimum Gasteiger partial charge on any atom is -0.274 e. The fourth-order valence-electron chi connectivity index (χ4n) is 5.07. The van der Waals surface area contributed by atoms with Crippen LogP contribution in [0.25, 0.3) is 0 Å². The van der Waals surface area contributed by atoms with Crippen molar-refractivity contribution in [3.05, 3.63) is 102 Å². The number of hydrogen-bond acceptors (Lipinski definition) is 2. The van der Waals surface area contributed by atoms with Crippen LogP contribution in [0.3, 0.4) is 0 Å². The molecule has 1 aliphatic carbocycles. The molecular weight excluding hydrogens is 403 g/mol. The lowest BCUT2D eigenvalue weighted by molar-refractivity contribution is -0.137. The van der Waals surface area contributed by atoms with Crippen LogP contribution in [-0.2, 0) is 21.2 Å². The van der Waals surface area contributed by atoms with Crippen molar-refractivity contribution in [2.45, 2.75) is 24.4 Å². The van der Waals surface area contributed by atoms with E-state index >= 15 is 0 Å². The number of amides is 2. The highest BCUT2D eigenvalue weighted by Crippen LogP contribution is 2.72. The molecule has 1 unspecified atom stereocenters. The second-order valence-corrected chi connectivity index (χ2v) is 8.16. The van der Waals surface area contributed by atoms with Gasteiger partial charge in [-0.05, 0) is 35.7 Å². The first kappa shape index (κ1) is 19.5. The van der Waals surface area contributed by atoms with Crippen LogP contribution in [0.5, 0.6) is 0 Å². The van der Waals surface area contributed by atoms with Crippen LogP contribution in [0.1, 0.15) is 29.5 Å². The number of halogens is 3. The summed E-state index contributed by atoms with van der Waals surface area (Å²) in [6.07, 6.45) is -4.16. The Morgan fingerprint density at radius 3 is 1.90 bits per heavy atom. The molecule has 3 aromatic carbocycles. The van der Waals surface area contributed by atoms with E-state index in [0.29, 0.717) is 6.42 Å². The molecule has 1 aliphatic heterocycles. The van der Waals surface area contributed by atoms with E-state index < -0.39 is 34.4 Å². The molecule has 1 saturated heterocycles. The molecule has 1 spiro atoms. The zero-order valence-corrected chi connectivity index (χ0v) is 16.4. The Morgan fingerprint density at radius 1 is 0.774 bits per heavy atom. The fourth-order valence-corrected chi connectivity index (χ4v) is 5.07. The lowest BCUT2D eigenvalue weighted by Crippen LogP contribution is -2.34. The zero-order chi connectivity index (χ0) is 21.9. The van der Waals surface area contributed by atoms with E-state index in [1.165, 1.54) is 12.1 Å². The molecule has 6 heteroatoms. The standard InChI is InChI=1S/C25H18F3NO2/c26-25(27,28)19-12-7-13-20(14-19)29-21(30)15-23(22(29)31)16-24(23,17-8-3-1-4-9-17)18-10-5-2-6-11-18/h1-14H,15-16H2. The first-order valence-corrected chi connectivity index (χ1v) is 9.95. The van der Waals surface area contributed by atoms with Crippen LogP contribution in [0.15, 0.2) is 84.9 Å². The molecule has 0 N–H and O–H groups in total. The lowest BCUT2D eigenvalue weighted by Gasteiger charge is -2.23. The van der Waals surface area contributed by atoms with E-state index in [9.17, 15) is 22.8 Å². The molecule has 0 radical (unpaired) electrons. The Morgan fingerprint density at radius 2 is 1.35 bits per heavy atom. The molecule has 3 nitrogen and oxygen atoms in total. The predicted octanol–water partition coefficient (Wildman–Crippen LogP) is 5.35. The maximum Gasteiger partial charge on any atom is 0.416 e. The summed E-state index contributed by atoms with van der Waals surface area (Å²) in [7, 11) is 0. The average molecular weight is 421 g/mol. The molecule has 2 fully saturated rings. The Kier molecular flexibility index (Phi) is 4.13. The number of carbonyl (C=O) groups excluding carboxylic acids is 2. The van der Waals surface area contributed by atoms with Crippen molar-refractivity contribution < 1.29 is 22.8 Å². The van der Waals surface area contributed by atoms with Crippen LogP contribution in [0, 0.1) is 5.41 Å². The lowest BCUT2D eigenvalue weighted by atomic mass is 9.79. The normalized spacial score (nSPS) is 22.2. The van der Waals surface area contributed by atoms with Crippen molar-refractivity contribution in [2.24, 2.45) is 5.41 Å². The number of alkyl halides is 3. The number of nitrogens with zero attached hydrogens (tertiary/aromatic N) is 1. The van der Waals surface area contributed by atoms with E-state index in [4.69, 9.17) is 0 Å². The van der Waals surface area contributed by atoms with Gasteiger partial charge in [0, 0.05) is 11.8 Å². The molecule has 1 heterocycles. The van der Waals surface area contributed by atoms with Crippen LogP contribution < -0.4 is 4.90 Å². The van der Waals surface area contributed by atoms with Gasteiger partial charge in [0.05, 0.1) is 16.7 Å². The van der Waals surface area contributed by atoms with Gasteiger partial charge in [-0.1, -0.05) is 66.7 Å². The molecule has 1 saturated carbocycles. The van der Waals surface area contributed by atoms with Gasteiger partial charge in [-0.15, -0.1) is 0 Å². The Labute approximate surface area is 177 Å². The van der Waals surface area contributed by atoms with Crippen molar-refractivity contribution in [1.82, 2.24) is 0 Å². The quantitative estimate of drug-likeness (QED) is 0.535. The third-order valence-corrected chi connectivity index (χ3v) is 6.54. The summed E-state index contributed by atoms with van der Waals surface area (Å²) >= 11 is 0. The molecule has 156 valence electrons. The molecule has 2 amide bonds. The van der Waals surface area contributed by atoms with Crippen molar-refractivity contribution in [2.75, 3.05) is 4.90 Å². The van der Waals surface area contributed by atoms with E-state index in [0.717, 1.165) is 28.2 Å². The summed E-state index contributed by atoms with van der Waals surface area (Å²) in [5.41, 5.74) is -0.760. The Hall–Kier alpha value is -3.41. The second-order valence-electron chi connectivity index (χ2n) is 8.16. The van der Waals surface area contributed by atoms with E-state index in [2.05, 4.69) is 0 Å². The highest BCUT2D eigenvalue weighted by Gasteiger charge is 2.77. The van der Waals surface area contributed by atoms with E-state index in [1.807, 2.05) is 60.7 Å². The maximum absolute atomic E-state index is 13.6. The van der Waals surface area contributed by atoms with Crippen molar-refractivity contribution in [1.29, 1.82) is 0 Å². The Bertz CT molecular complexity index is 1130. The summed E-state index contributed by atoms with van der Waals surface area (Å²) in [6.45, 7) is 0. The smallest absolute Gasteiger partial charge is 0.274 e. The van der Waals surface area contributed by atoms with Crippen LogP contribution in [0.2, 0.25) is 0 Å². The fraction of sp³-hybridized carbons (Fsp3) is 0.200. The second kappa shape index (κ2) is 6.54. The first-order valence-electron chi connectivity index (χ1n) is 9.95. The average Bonchev–Trinajstić information content (AvgIpc) is 3.38. The summed E-state index contributed by atoms with van der Waals surface area (Å²) in [5, 5.41) is 0. The molecule has 5 rings (SSSR count). The van der Waals surface area contributed by atoms with Gasteiger partial charge in [0.1, 0.15) is 0 Å². The number of carbonyl (C=O) groups is 2. The van der Waals surface area contributed by atoms with Crippen LogP contribution in [-0.4, -0.2) is 11.8 Å². The van der Waals surface area contributed by atoms with Crippen molar-refractivity contribution >= 4 is 17.5 Å². The van der Waals surface area contributed by atoms with Gasteiger partial charge in [-0.3, -0.25) is 14.5 Å². The van der Waals surface area contributed by atoms with Gasteiger partial charge in [0.15, 0.2) is 0 Å². The predicted molar refractivity (Wildman–Crippen MR) is 109 cm³/mol. The van der Waals surface area contributed by atoms with E-state index in [-0.39, 0.29) is 12.1 Å². The molecule has 0 aromatic heterocycles. The van der Waals surface area contributed by atoms with Gasteiger partial charge >= 0.3 is 6.18 Å². The van der Waals surface area contributed by atoms with Crippen LogP contribution in [0.4, 0.5) is 18.9 Å². The molecule has 1 atom stereocenters. The van der Waals surface area contributed by atoms with Gasteiger partial charge in [0.2, 0.25) is 11.8 Å². The van der Waals surface area contributed by atoms with Gasteiger partial charge in [0.25, 0.3) is 0 Å². The summed E-state index contributed by atoms with van der Waals surface area (Å²) in [5.74, 6) is -0.914. The summed E-state index contributed by atoms with van der Waals surface area (Å²) in [4.78, 5) is 27.6. The van der Waals surface area contributed by atoms with Gasteiger partial charge in [-0.25, -0.2) is 0 Å². The maximum atomic E-state index is 13.6. The minimum absolute atomic E-state index is 0.0358. The number of benzene rings is 3. The molecule has 0 bridgehead atoms. The SMILES string of the molecule is O=C1CC2(CC2(c2ccccc2)c2ccccc2)C(=O)N1c1cccc(C(F)(F)F)c1. The van der Waals surface area contributed by atoms with Gasteiger partial charge in [-0.2, -0.15) is 13.2 Å². The zero-order valence-electron chi connectivity index (χ0n) is 16.4. The van der Waals surface area contributed by atoms with Gasteiger partial charge < -0.3 is 0 Å². The first-order chi connectivity index (χ1) is 14.8. The molecule has 31 heavy (non-hydrogen) atoms.